The van der Waals surface area contributed by atoms with Crippen molar-refractivity contribution in [2.24, 2.45) is 0 Å². The van der Waals surface area contributed by atoms with E-state index in [1.807, 2.05) is 0 Å². The van der Waals surface area contributed by atoms with Crippen LogP contribution in [0, 0.1) is 3.57 Å². The van der Waals surface area contributed by atoms with Crippen LogP contribution in [0.25, 0.3) is 0 Å². The van der Waals surface area contributed by atoms with Crippen molar-refractivity contribution < 1.29 is 40.5 Å². The number of nitrogens with one attached hydrogen (secondary N) is 2. The van der Waals surface area contributed by atoms with E-state index in [4.69, 9.17) is 22.7 Å². The smallest absolute Gasteiger partial charge is 0.420 e. The molecule has 1 fully saturated rings. The summed E-state index contributed by atoms with van der Waals surface area (Å²) >= 11 is 1.74. The molecule has 0 bridgehead atoms. The van der Waals surface area contributed by atoms with Gasteiger partial charge in [-0.3, -0.25) is 27.6 Å². The van der Waals surface area contributed by atoms with Gasteiger partial charge in [-0.1, -0.05) is 22.7 Å². The quantitative estimate of drug-likeness (QED) is 0.190. The van der Waals surface area contributed by atoms with Crippen LogP contribution in [0.2, 0.25) is 0 Å². The van der Waals surface area contributed by atoms with Gasteiger partial charge in [0.2, 0.25) is 0 Å². The van der Waals surface area contributed by atoms with E-state index >= 15 is 0 Å². The van der Waals surface area contributed by atoms with Crippen LogP contribution in [0.4, 0.5) is 0 Å². The molecule has 0 saturated carbocycles. The molecule has 2 aromatic rings. The van der Waals surface area contributed by atoms with Crippen molar-refractivity contribution in [2.45, 2.75) is 38.7 Å². The van der Waals surface area contributed by atoms with Crippen molar-refractivity contribution in [3.05, 3.63) is 66.5 Å². The number of ether oxygens (including phenoxy) is 2. The van der Waals surface area contributed by atoms with E-state index in [0.29, 0.717) is 0 Å². The number of H-pyrrole nitrogens is 1. The normalized spacial score (nSPS) is 20.1. The molecule has 1 aliphatic rings. The molecule has 1 aromatic carbocycles. The molecule has 2 N–H and O–H groups in total. The molecule has 204 valence electrons. The Morgan fingerprint density at radius 3 is 2.49 bits per heavy atom. The van der Waals surface area contributed by atoms with Gasteiger partial charge < -0.3 is 9.47 Å². The monoisotopic (exact) mass is 673 g/mol. The highest BCUT2D eigenvalue weighted by Gasteiger charge is 2.41. The van der Waals surface area contributed by atoms with E-state index in [1.165, 1.54) is 32.2 Å². The summed E-state index contributed by atoms with van der Waals surface area (Å²) in [5, 5.41) is 0. The molecule has 1 aliphatic heterocycles. The second kappa shape index (κ2) is 12.8. The molecule has 0 aliphatic carbocycles. The molecule has 0 radical (unpaired) electrons. The highest BCUT2D eigenvalue weighted by Crippen LogP contribution is 2.44. The number of aromatic amines is 1. The lowest BCUT2D eigenvalue weighted by molar-refractivity contribution is -0.0470. The van der Waals surface area contributed by atoms with Gasteiger partial charge in [0.05, 0.1) is 29.0 Å². The lowest BCUT2D eigenvalue weighted by atomic mass is 10.1. The van der Waals surface area contributed by atoms with Crippen molar-refractivity contribution in [1.29, 1.82) is 0 Å². The first-order chi connectivity index (χ1) is 17.5. The summed E-state index contributed by atoms with van der Waals surface area (Å²) in [5.74, 6) is -0.707. The second-order valence-corrected chi connectivity index (χ2v) is 12.0. The molecule has 1 aromatic heterocycles. The van der Waals surface area contributed by atoms with Crippen LogP contribution < -0.4 is 15.7 Å². The Hall–Kier alpha value is -1.92. The van der Waals surface area contributed by atoms with Gasteiger partial charge in [-0.05, 0) is 48.6 Å². The molecule has 37 heavy (non-hydrogen) atoms. The van der Waals surface area contributed by atoms with Crippen LogP contribution in [0.5, 0.6) is 0 Å². The lowest BCUT2D eigenvalue weighted by Gasteiger charge is -2.20. The topological polar surface area (TPSA) is 181 Å². The van der Waals surface area contributed by atoms with E-state index in [1.54, 1.807) is 45.3 Å². The number of rotatable bonds is 12. The van der Waals surface area contributed by atoms with Gasteiger partial charge in [0.1, 0.15) is 18.4 Å². The molecule has 0 spiro atoms. The summed E-state index contributed by atoms with van der Waals surface area (Å²) < 4.78 is 66.6. The van der Waals surface area contributed by atoms with Gasteiger partial charge in [-0.2, -0.15) is 8.42 Å². The van der Waals surface area contributed by atoms with Gasteiger partial charge in [0.15, 0.2) is 0 Å². The van der Waals surface area contributed by atoms with E-state index in [0.717, 1.165) is 4.57 Å². The molecule has 3 atom stereocenters. The predicted octanol–water partition coefficient (Wildman–Crippen LogP) is 1.69. The van der Waals surface area contributed by atoms with Crippen LogP contribution in [-0.2, 0) is 37.6 Å². The van der Waals surface area contributed by atoms with E-state index in [9.17, 15) is 27.4 Å². The summed E-state index contributed by atoms with van der Waals surface area (Å²) in [6.45, 7) is 2.12. The van der Waals surface area contributed by atoms with Crippen LogP contribution in [0.15, 0.2) is 46.1 Å². The molecule has 3 rings (SSSR count). The van der Waals surface area contributed by atoms with Gasteiger partial charge >= 0.3 is 29.7 Å². The number of hydrogen-bond donors (Lipinski definition) is 2. The second-order valence-electron chi connectivity index (χ2n) is 7.48. The average Bonchev–Trinajstić information content (AvgIpc) is 3.22. The predicted molar refractivity (Wildman–Crippen MR) is 137 cm³/mol. The molecule has 17 heteroatoms. The van der Waals surface area contributed by atoms with Crippen LogP contribution >= 0.6 is 30.3 Å². The minimum absolute atomic E-state index is 0.0571. The Morgan fingerprint density at radius 2 is 1.86 bits per heavy atom. The number of halogens is 1. The Morgan fingerprint density at radius 1 is 1.22 bits per heavy atom. The maximum atomic E-state index is 12.7. The van der Waals surface area contributed by atoms with Crippen LogP contribution in [0.3, 0.4) is 0 Å². The zero-order valence-electron chi connectivity index (χ0n) is 19.7. The Labute approximate surface area is 225 Å². The number of carbonyl (C=O) groups excluding carboxylic acids is 1. The zero-order valence-corrected chi connectivity index (χ0v) is 23.6. The highest BCUT2D eigenvalue weighted by molar-refractivity contribution is 14.1. The van der Waals surface area contributed by atoms with Crippen molar-refractivity contribution in [3.8, 4) is 0 Å². The number of carbonyl (C=O) groups is 1. The average molecular weight is 673 g/mol. The summed E-state index contributed by atoms with van der Waals surface area (Å²) in [4.78, 5) is 38.9. The van der Waals surface area contributed by atoms with Gasteiger partial charge in [-0.25, -0.2) is 14.2 Å². The van der Waals surface area contributed by atoms with E-state index < -0.39 is 60.3 Å². The van der Waals surface area contributed by atoms with Gasteiger partial charge in [0.25, 0.3) is 5.56 Å². The van der Waals surface area contributed by atoms with Gasteiger partial charge in [-0.15, -0.1) is 0 Å². The maximum Gasteiger partial charge on any atom is 0.420 e. The fraction of sp³-hybridized carbons (Fsp3) is 0.450. The Bertz CT molecular complexity index is 1360. The van der Waals surface area contributed by atoms with Crippen molar-refractivity contribution in [1.82, 2.24) is 14.0 Å². The first-order valence-corrected chi connectivity index (χ1v) is 15.0. The van der Waals surface area contributed by atoms with Crippen LogP contribution in [-0.4, -0.2) is 56.0 Å². The fourth-order valence-electron chi connectivity index (χ4n) is 3.35. The van der Waals surface area contributed by atoms with Crippen molar-refractivity contribution in [2.75, 3.05) is 19.8 Å². The minimum Gasteiger partial charge on any atom is -0.456 e. The first kappa shape index (κ1) is 29.6. The van der Waals surface area contributed by atoms with Gasteiger partial charge in [0, 0.05) is 12.6 Å². The molecule has 0 unspecified atom stereocenters. The summed E-state index contributed by atoms with van der Waals surface area (Å²) in [7, 11) is -8.90. The standard InChI is InChI=1S/C20H25IN3O11PS/c1-3-31-36(28,32-4-2)23-37(29,30)33-12-16-15(35-19(26)13-8-6-5-7-9-13)10-17(34-16)24-11-14(21)18(25)22-20(24)27/h5-9,11,15-17H,3-4,10,12H2,1-2H3,(H,23,28)(H,22,25,27)/t15-,16+,17+/m0/s1. The number of nitrogens with zero attached hydrogens (tertiary/aromatic N) is 1. The molecular formula is C20H25IN3O11PS. The fourth-order valence-corrected chi connectivity index (χ4v) is 6.58. The first-order valence-electron chi connectivity index (χ1n) is 11.0. The third-order valence-electron chi connectivity index (χ3n) is 4.89. The van der Waals surface area contributed by atoms with E-state index in [2.05, 4.69) is 4.98 Å². The summed E-state index contributed by atoms with van der Waals surface area (Å²) in [5.41, 5.74) is -1.12. The van der Waals surface area contributed by atoms with Crippen molar-refractivity contribution in [3.63, 3.8) is 0 Å². The van der Waals surface area contributed by atoms with Crippen molar-refractivity contribution >= 4 is 46.6 Å². The number of esters is 1. The third-order valence-corrected chi connectivity index (χ3v) is 9.09. The molecule has 14 nitrogen and oxygen atoms in total. The van der Waals surface area contributed by atoms with E-state index in [-0.39, 0.29) is 28.8 Å². The third kappa shape index (κ3) is 8.03. The largest absolute Gasteiger partial charge is 0.456 e. The molecule has 1 saturated heterocycles. The minimum atomic E-state index is -4.68. The SMILES string of the molecule is CCOP(=O)(NS(=O)(=O)OC[C@H]1O[C@@H](n2cc(I)c(=O)[nH]c2=O)C[C@@H]1OC(=O)c1ccccc1)OCC. The summed E-state index contributed by atoms with van der Waals surface area (Å²) in [6, 6.07) is 8.06. The lowest BCUT2D eigenvalue weighted by Crippen LogP contribution is -2.35. The molecule has 0 amide bonds. The zero-order chi connectivity index (χ0) is 27.2. The molecular weight excluding hydrogens is 648 g/mol. The highest BCUT2D eigenvalue weighted by atomic mass is 127. The Kier molecular flexibility index (Phi) is 10.2. The Balaban J connectivity index is 1.81. The summed E-state index contributed by atoms with van der Waals surface area (Å²) in [6.07, 6.45) is -2.02. The number of aromatic nitrogens is 2. The van der Waals surface area contributed by atoms with Crippen LogP contribution in [0.1, 0.15) is 36.9 Å². The molecule has 2 heterocycles. The number of benzene rings is 1. The number of hydrogen-bond acceptors (Lipinski definition) is 11. The maximum absolute atomic E-state index is 12.7.